The molecule has 0 spiro atoms. The van der Waals surface area contributed by atoms with Gasteiger partial charge in [-0.2, -0.15) is 0 Å². The van der Waals surface area contributed by atoms with E-state index in [9.17, 15) is 8.42 Å². The Morgan fingerprint density at radius 1 is 1.10 bits per heavy atom. The molecule has 2 heterocycles. The molecule has 4 rings (SSSR count). The van der Waals surface area contributed by atoms with Crippen molar-refractivity contribution in [3.05, 3.63) is 60.4 Å². The molecule has 1 N–H and O–H groups in total. The Hall–Kier alpha value is -2.51. The molecule has 1 aromatic heterocycles. The molecule has 152 valence electrons. The highest BCUT2D eigenvalue weighted by Gasteiger charge is 2.22. The summed E-state index contributed by atoms with van der Waals surface area (Å²) in [6, 6.07) is 16.0. The maximum absolute atomic E-state index is 11.9. The SMILES string of the molecule is CS(=O)(=O)c1ccc2ncnc(NCC3CCCCN3Cc3ccccc3)c2c1. The quantitative estimate of drug-likeness (QED) is 0.670. The van der Waals surface area contributed by atoms with E-state index in [2.05, 4.69) is 44.5 Å². The molecular formula is C22H26N4O2S. The van der Waals surface area contributed by atoms with Crippen LogP contribution in [0.5, 0.6) is 0 Å². The Morgan fingerprint density at radius 2 is 1.93 bits per heavy atom. The molecule has 3 aromatic rings. The predicted octanol–water partition coefficient (Wildman–Crippen LogP) is 3.50. The summed E-state index contributed by atoms with van der Waals surface area (Å²) in [7, 11) is -3.28. The Morgan fingerprint density at radius 3 is 2.72 bits per heavy atom. The van der Waals surface area contributed by atoms with E-state index in [0.29, 0.717) is 11.9 Å². The number of piperidine rings is 1. The van der Waals surface area contributed by atoms with Gasteiger partial charge < -0.3 is 5.32 Å². The second kappa shape index (κ2) is 8.47. The van der Waals surface area contributed by atoms with Gasteiger partial charge in [-0.15, -0.1) is 0 Å². The van der Waals surface area contributed by atoms with Crippen molar-refractivity contribution in [1.29, 1.82) is 0 Å². The fourth-order valence-corrected chi connectivity index (χ4v) is 4.59. The van der Waals surface area contributed by atoms with Crippen LogP contribution < -0.4 is 5.32 Å². The van der Waals surface area contributed by atoms with Crippen LogP contribution in [0.3, 0.4) is 0 Å². The number of likely N-dealkylation sites (tertiary alicyclic amines) is 1. The molecule has 1 aliphatic heterocycles. The van der Waals surface area contributed by atoms with Crippen molar-refractivity contribution in [2.24, 2.45) is 0 Å². The Balaban J connectivity index is 1.53. The Kier molecular flexibility index (Phi) is 5.78. The second-order valence-electron chi connectivity index (χ2n) is 7.66. The molecule has 0 amide bonds. The van der Waals surface area contributed by atoms with Gasteiger partial charge in [0.1, 0.15) is 12.1 Å². The van der Waals surface area contributed by atoms with Crippen LogP contribution in [0.25, 0.3) is 10.9 Å². The van der Waals surface area contributed by atoms with Gasteiger partial charge in [0.05, 0.1) is 10.4 Å². The minimum atomic E-state index is -3.28. The number of anilines is 1. The monoisotopic (exact) mass is 410 g/mol. The molecule has 29 heavy (non-hydrogen) atoms. The highest BCUT2D eigenvalue weighted by molar-refractivity contribution is 7.90. The van der Waals surface area contributed by atoms with E-state index in [1.54, 1.807) is 18.2 Å². The van der Waals surface area contributed by atoms with Gasteiger partial charge in [-0.1, -0.05) is 36.8 Å². The summed E-state index contributed by atoms with van der Waals surface area (Å²) in [5, 5.41) is 4.20. The number of nitrogens with zero attached hydrogens (tertiary/aromatic N) is 3. The lowest BCUT2D eigenvalue weighted by atomic mass is 10.0. The maximum Gasteiger partial charge on any atom is 0.175 e. The zero-order chi connectivity index (χ0) is 20.3. The minimum Gasteiger partial charge on any atom is -0.368 e. The number of rotatable bonds is 6. The van der Waals surface area contributed by atoms with E-state index in [1.165, 1.54) is 31.0 Å². The smallest absolute Gasteiger partial charge is 0.175 e. The molecule has 1 unspecified atom stereocenters. The fraction of sp³-hybridized carbons (Fsp3) is 0.364. The Labute approximate surface area is 171 Å². The molecule has 1 fully saturated rings. The van der Waals surface area contributed by atoms with Gasteiger partial charge in [0.2, 0.25) is 0 Å². The highest BCUT2D eigenvalue weighted by Crippen LogP contribution is 2.25. The fourth-order valence-electron chi connectivity index (χ4n) is 3.94. The minimum absolute atomic E-state index is 0.284. The number of sulfone groups is 1. The van der Waals surface area contributed by atoms with E-state index in [1.807, 2.05) is 6.07 Å². The maximum atomic E-state index is 11.9. The van der Waals surface area contributed by atoms with Crippen molar-refractivity contribution in [3.63, 3.8) is 0 Å². The lowest BCUT2D eigenvalue weighted by Gasteiger charge is -2.36. The van der Waals surface area contributed by atoms with Crippen molar-refractivity contribution in [3.8, 4) is 0 Å². The third-order valence-corrected chi connectivity index (χ3v) is 6.63. The highest BCUT2D eigenvalue weighted by atomic mass is 32.2. The first-order valence-electron chi connectivity index (χ1n) is 9.97. The van der Waals surface area contributed by atoms with E-state index in [0.717, 1.165) is 37.0 Å². The van der Waals surface area contributed by atoms with Crippen LogP contribution in [0.2, 0.25) is 0 Å². The van der Waals surface area contributed by atoms with Crippen LogP contribution in [-0.4, -0.2) is 48.7 Å². The van der Waals surface area contributed by atoms with Gasteiger partial charge in [-0.05, 0) is 43.1 Å². The van der Waals surface area contributed by atoms with Crippen molar-refractivity contribution >= 4 is 26.6 Å². The van der Waals surface area contributed by atoms with Crippen LogP contribution in [0.1, 0.15) is 24.8 Å². The molecule has 0 saturated carbocycles. The molecule has 0 aliphatic carbocycles. The largest absolute Gasteiger partial charge is 0.368 e. The first kappa shape index (κ1) is 19.8. The Bertz CT molecular complexity index is 1090. The van der Waals surface area contributed by atoms with Crippen LogP contribution in [0.4, 0.5) is 5.82 Å². The lowest BCUT2D eigenvalue weighted by molar-refractivity contribution is 0.148. The van der Waals surface area contributed by atoms with Crippen molar-refractivity contribution in [2.45, 2.75) is 36.7 Å². The molecule has 1 atom stereocenters. The summed E-state index contributed by atoms with van der Waals surface area (Å²) in [4.78, 5) is 11.5. The normalized spacial score (nSPS) is 18.0. The zero-order valence-electron chi connectivity index (χ0n) is 16.6. The molecule has 0 radical (unpaired) electrons. The van der Waals surface area contributed by atoms with E-state index >= 15 is 0 Å². The number of hydrogen-bond acceptors (Lipinski definition) is 6. The summed E-state index contributed by atoms with van der Waals surface area (Å²) in [6.45, 7) is 2.79. The van der Waals surface area contributed by atoms with Crippen LogP contribution in [-0.2, 0) is 16.4 Å². The summed E-state index contributed by atoms with van der Waals surface area (Å²) < 4.78 is 23.9. The van der Waals surface area contributed by atoms with Crippen LogP contribution in [0, 0.1) is 0 Å². The van der Waals surface area contributed by atoms with Crippen molar-refractivity contribution in [2.75, 3.05) is 24.7 Å². The average molecular weight is 411 g/mol. The van der Waals surface area contributed by atoms with Gasteiger partial charge in [0.15, 0.2) is 9.84 Å². The van der Waals surface area contributed by atoms with Gasteiger partial charge >= 0.3 is 0 Å². The second-order valence-corrected chi connectivity index (χ2v) is 9.68. The van der Waals surface area contributed by atoms with Gasteiger partial charge in [-0.3, -0.25) is 4.90 Å². The third-order valence-electron chi connectivity index (χ3n) is 5.52. The number of nitrogens with one attached hydrogen (secondary N) is 1. The molecule has 0 bridgehead atoms. The van der Waals surface area contributed by atoms with Crippen molar-refractivity contribution < 1.29 is 8.42 Å². The standard InChI is InChI=1S/C22H26N4O2S/c1-29(27,28)19-10-11-21-20(13-19)22(25-16-24-21)23-14-18-9-5-6-12-26(18)15-17-7-3-2-4-8-17/h2-4,7-8,10-11,13,16,18H,5-6,9,12,14-15H2,1H3,(H,23,24,25). The van der Waals surface area contributed by atoms with E-state index in [-0.39, 0.29) is 4.90 Å². The predicted molar refractivity (Wildman–Crippen MR) is 116 cm³/mol. The van der Waals surface area contributed by atoms with Gasteiger partial charge in [0, 0.05) is 30.8 Å². The molecule has 6 nitrogen and oxygen atoms in total. The summed E-state index contributed by atoms with van der Waals surface area (Å²) >= 11 is 0. The first-order chi connectivity index (χ1) is 14.0. The first-order valence-corrected chi connectivity index (χ1v) is 11.9. The number of aromatic nitrogens is 2. The van der Waals surface area contributed by atoms with Gasteiger partial charge in [-0.25, -0.2) is 18.4 Å². The summed E-state index contributed by atoms with van der Waals surface area (Å²) in [5.74, 6) is 0.686. The molecule has 1 saturated heterocycles. The number of fused-ring (bicyclic) bond motifs is 1. The van der Waals surface area contributed by atoms with E-state index < -0.39 is 9.84 Å². The van der Waals surface area contributed by atoms with Crippen LogP contribution >= 0.6 is 0 Å². The topological polar surface area (TPSA) is 75.2 Å². The zero-order valence-corrected chi connectivity index (χ0v) is 17.4. The number of benzene rings is 2. The van der Waals surface area contributed by atoms with E-state index in [4.69, 9.17) is 0 Å². The molecule has 7 heteroatoms. The summed E-state index contributed by atoms with van der Waals surface area (Å²) in [6.07, 6.45) is 6.32. The lowest BCUT2D eigenvalue weighted by Crippen LogP contribution is -2.43. The van der Waals surface area contributed by atoms with Crippen molar-refractivity contribution in [1.82, 2.24) is 14.9 Å². The third kappa shape index (κ3) is 4.74. The van der Waals surface area contributed by atoms with Crippen LogP contribution in [0.15, 0.2) is 59.8 Å². The molecule has 1 aliphatic rings. The average Bonchev–Trinajstić information content (AvgIpc) is 2.73. The molecular weight excluding hydrogens is 384 g/mol. The number of hydrogen-bond donors (Lipinski definition) is 1. The molecule has 2 aromatic carbocycles. The van der Waals surface area contributed by atoms with Gasteiger partial charge in [0.25, 0.3) is 0 Å². The summed E-state index contributed by atoms with van der Waals surface area (Å²) in [5.41, 5.74) is 2.06.